The maximum absolute atomic E-state index is 13.2. The lowest BCUT2D eigenvalue weighted by Gasteiger charge is -2.45. The first kappa shape index (κ1) is 19.0. The first-order valence-electron chi connectivity index (χ1n) is 10.0. The van der Waals surface area contributed by atoms with Crippen molar-refractivity contribution in [3.05, 3.63) is 41.7 Å². The van der Waals surface area contributed by atoms with Gasteiger partial charge in [0.15, 0.2) is 0 Å². The SMILES string of the molecule is CC[C@@H]1CN2CC[C@]3(C(=O)Nc4ccccc43)[C@H]2C[C@H]1/C(=C\OC)C(=O)OC. The van der Waals surface area contributed by atoms with Gasteiger partial charge in [0.1, 0.15) is 0 Å². The molecule has 0 saturated carbocycles. The van der Waals surface area contributed by atoms with Gasteiger partial charge in [-0.2, -0.15) is 0 Å². The third-order valence-electron chi connectivity index (χ3n) is 6.97. The number of para-hydroxylation sites is 1. The van der Waals surface area contributed by atoms with Crippen LogP contribution in [-0.2, 0) is 24.5 Å². The minimum atomic E-state index is -0.540. The predicted molar refractivity (Wildman–Crippen MR) is 106 cm³/mol. The molecule has 2 saturated heterocycles. The summed E-state index contributed by atoms with van der Waals surface area (Å²) in [7, 11) is 2.95. The van der Waals surface area contributed by atoms with Crippen LogP contribution in [0.15, 0.2) is 36.1 Å². The number of piperidine rings is 1. The lowest BCUT2D eigenvalue weighted by atomic mass is 9.67. The minimum Gasteiger partial charge on any atom is -0.504 e. The Morgan fingerprint density at radius 1 is 1.36 bits per heavy atom. The lowest BCUT2D eigenvalue weighted by Crippen LogP contribution is -2.53. The van der Waals surface area contributed by atoms with Crippen molar-refractivity contribution in [1.29, 1.82) is 0 Å². The third-order valence-corrected chi connectivity index (χ3v) is 6.97. The molecular weight excluding hydrogens is 356 g/mol. The average Bonchev–Trinajstić information content (AvgIpc) is 3.23. The number of amides is 1. The molecule has 1 aromatic carbocycles. The van der Waals surface area contributed by atoms with Gasteiger partial charge in [0.25, 0.3) is 0 Å². The first-order chi connectivity index (χ1) is 13.6. The number of anilines is 1. The summed E-state index contributed by atoms with van der Waals surface area (Å²) in [5.41, 5.74) is 2.05. The van der Waals surface area contributed by atoms with Crippen molar-refractivity contribution in [3.63, 3.8) is 0 Å². The maximum Gasteiger partial charge on any atom is 0.337 e. The van der Waals surface area contributed by atoms with Gasteiger partial charge in [0.2, 0.25) is 5.91 Å². The van der Waals surface area contributed by atoms with E-state index in [-0.39, 0.29) is 23.8 Å². The summed E-state index contributed by atoms with van der Waals surface area (Å²) < 4.78 is 10.3. The minimum absolute atomic E-state index is 0.00851. The summed E-state index contributed by atoms with van der Waals surface area (Å²) >= 11 is 0. The second kappa shape index (κ2) is 7.24. The zero-order valence-electron chi connectivity index (χ0n) is 16.7. The monoisotopic (exact) mass is 384 g/mol. The maximum atomic E-state index is 13.2. The molecule has 28 heavy (non-hydrogen) atoms. The van der Waals surface area contributed by atoms with Gasteiger partial charge >= 0.3 is 5.97 Å². The number of benzene rings is 1. The summed E-state index contributed by atoms with van der Waals surface area (Å²) in [6.07, 6.45) is 4.04. The van der Waals surface area contributed by atoms with Crippen molar-refractivity contribution in [3.8, 4) is 0 Å². The molecule has 0 bridgehead atoms. The summed E-state index contributed by atoms with van der Waals surface area (Å²) in [5, 5.41) is 3.10. The van der Waals surface area contributed by atoms with Crippen LogP contribution in [0.5, 0.6) is 0 Å². The van der Waals surface area contributed by atoms with Crippen molar-refractivity contribution in [2.75, 3.05) is 32.6 Å². The van der Waals surface area contributed by atoms with Crippen LogP contribution >= 0.6 is 0 Å². The number of esters is 1. The number of fused-ring (bicyclic) bond motifs is 4. The van der Waals surface area contributed by atoms with Crippen LogP contribution in [0.2, 0.25) is 0 Å². The van der Waals surface area contributed by atoms with E-state index in [0.717, 1.165) is 43.6 Å². The van der Waals surface area contributed by atoms with Gasteiger partial charge in [-0.15, -0.1) is 0 Å². The number of hydrogen-bond acceptors (Lipinski definition) is 5. The van der Waals surface area contributed by atoms with Gasteiger partial charge in [-0.1, -0.05) is 31.5 Å². The Balaban J connectivity index is 1.74. The number of nitrogens with one attached hydrogen (secondary N) is 1. The molecule has 6 nitrogen and oxygen atoms in total. The number of nitrogens with zero attached hydrogens (tertiary/aromatic N) is 1. The number of rotatable bonds is 4. The van der Waals surface area contributed by atoms with Gasteiger partial charge in [-0.25, -0.2) is 4.79 Å². The molecule has 1 spiro atoms. The Hall–Kier alpha value is -2.34. The molecule has 3 aliphatic rings. The summed E-state index contributed by atoms with van der Waals surface area (Å²) in [6.45, 7) is 3.93. The summed E-state index contributed by atoms with van der Waals surface area (Å²) in [4.78, 5) is 28.1. The number of carbonyl (C=O) groups is 2. The molecule has 1 amide bonds. The van der Waals surface area contributed by atoms with E-state index in [9.17, 15) is 9.59 Å². The number of hydrogen-bond donors (Lipinski definition) is 1. The van der Waals surface area contributed by atoms with Crippen molar-refractivity contribution in [2.45, 2.75) is 37.6 Å². The molecule has 2 fully saturated rings. The van der Waals surface area contributed by atoms with E-state index in [1.54, 1.807) is 7.11 Å². The van der Waals surface area contributed by atoms with Crippen molar-refractivity contribution >= 4 is 17.6 Å². The van der Waals surface area contributed by atoms with Gasteiger partial charge in [-0.05, 0) is 42.9 Å². The summed E-state index contributed by atoms with van der Waals surface area (Å²) in [5.74, 6) is 0.0769. The Morgan fingerprint density at radius 3 is 2.86 bits per heavy atom. The molecule has 0 aliphatic carbocycles. The Labute approximate surface area is 165 Å². The van der Waals surface area contributed by atoms with Crippen molar-refractivity contribution in [1.82, 2.24) is 4.90 Å². The van der Waals surface area contributed by atoms with E-state index in [4.69, 9.17) is 9.47 Å². The average molecular weight is 384 g/mol. The first-order valence-corrected chi connectivity index (χ1v) is 10.0. The molecule has 4 rings (SSSR count). The third kappa shape index (κ3) is 2.65. The van der Waals surface area contributed by atoms with E-state index in [0.29, 0.717) is 11.5 Å². The molecule has 6 heteroatoms. The smallest absolute Gasteiger partial charge is 0.337 e. The molecule has 1 N–H and O–H groups in total. The highest BCUT2D eigenvalue weighted by Crippen LogP contribution is 2.53. The predicted octanol–water partition coefficient (Wildman–Crippen LogP) is 2.70. The molecule has 0 radical (unpaired) electrons. The standard InChI is InChI=1S/C22H28N2O4/c1-4-14-12-24-10-9-22(17-7-5-6-8-18(17)23-21(22)26)19(24)11-15(14)16(13-27-2)20(25)28-3/h5-8,13-15,19H,4,9-12H2,1-3H3,(H,23,26)/b16-13+/t14-,15-,19-,22-/m1/s1. The van der Waals surface area contributed by atoms with Gasteiger partial charge in [0, 0.05) is 18.3 Å². The van der Waals surface area contributed by atoms with Gasteiger partial charge in [0.05, 0.1) is 31.5 Å². The second-order valence-electron chi connectivity index (χ2n) is 8.04. The fourth-order valence-electron chi connectivity index (χ4n) is 5.63. The van der Waals surface area contributed by atoms with Gasteiger partial charge in [-0.3, -0.25) is 9.69 Å². The summed E-state index contributed by atoms with van der Waals surface area (Å²) in [6, 6.07) is 8.07. The van der Waals surface area contributed by atoms with E-state index in [1.807, 2.05) is 18.2 Å². The number of carbonyl (C=O) groups excluding carboxylic acids is 2. The Kier molecular flexibility index (Phi) is 4.91. The molecule has 3 heterocycles. The van der Waals surface area contributed by atoms with Crippen molar-refractivity contribution in [2.24, 2.45) is 11.8 Å². The van der Waals surface area contributed by atoms with Crippen LogP contribution in [0.3, 0.4) is 0 Å². The second-order valence-corrected chi connectivity index (χ2v) is 8.04. The van der Waals surface area contributed by atoms with E-state index in [2.05, 4.69) is 23.2 Å². The van der Waals surface area contributed by atoms with E-state index >= 15 is 0 Å². The normalized spacial score (nSPS) is 32.0. The molecule has 0 aromatic heterocycles. The quantitative estimate of drug-likeness (QED) is 0.491. The van der Waals surface area contributed by atoms with Crippen LogP contribution in [0, 0.1) is 11.8 Å². The number of ether oxygens (including phenoxy) is 2. The molecule has 4 atom stereocenters. The zero-order chi connectivity index (χ0) is 19.9. The molecular formula is C22H28N2O4. The van der Waals surface area contributed by atoms with Crippen LogP contribution in [0.4, 0.5) is 5.69 Å². The highest BCUT2D eigenvalue weighted by Gasteiger charge is 2.60. The van der Waals surface area contributed by atoms with Crippen LogP contribution in [0.1, 0.15) is 31.7 Å². The molecule has 3 aliphatic heterocycles. The highest BCUT2D eigenvalue weighted by atomic mass is 16.5. The van der Waals surface area contributed by atoms with E-state index < -0.39 is 5.41 Å². The highest BCUT2D eigenvalue weighted by molar-refractivity contribution is 6.07. The van der Waals surface area contributed by atoms with Crippen LogP contribution < -0.4 is 5.32 Å². The van der Waals surface area contributed by atoms with Crippen LogP contribution in [-0.4, -0.2) is 50.1 Å². The van der Waals surface area contributed by atoms with Crippen LogP contribution in [0.25, 0.3) is 0 Å². The topological polar surface area (TPSA) is 67.9 Å². The Morgan fingerprint density at radius 2 is 2.14 bits per heavy atom. The zero-order valence-corrected chi connectivity index (χ0v) is 16.7. The number of methoxy groups -OCH3 is 2. The van der Waals surface area contributed by atoms with Crippen molar-refractivity contribution < 1.29 is 19.1 Å². The molecule has 0 unspecified atom stereocenters. The fraction of sp³-hybridized carbons (Fsp3) is 0.545. The fourth-order valence-corrected chi connectivity index (χ4v) is 5.63. The van der Waals surface area contributed by atoms with Gasteiger partial charge < -0.3 is 14.8 Å². The molecule has 150 valence electrons. The lowest BCUT2D eigenvalue weighted by molar-refractivity contribution is -0.137. The van der Waals surface area contributed by atoms with E-state index in [1.165, 1.54) is 13.4 Å². The molecule has 1 aromatic rings. The largest absolute Gasteiger partial charge is 0.504 e. The Bertz CT molecular complexity index is 821.